The Balaban J connectivity index is 1.63. The van der Waals surface area contributed by atoms with Crippen LogP contribution in [-0.4, -0.2) is 6.61 Å². The Bertz CT molecular complexity index is 913. The van der Waals surface area contributed by atoms with E-state index in [0.29, 0.717) is 13.2 Å². The first-order chi connectivity index (χ1) is 13.5. The summed E-state index contributed by atoms with van der Waals surface area (Å²) in [5.74, 6) is 1.64. The highest BCUT2D eigenvalue weighted by Crippen LogP contribution is 2.33. The van der Waals surface area contributed by atoms with E-state index in [2.05, 4.69) is 48.0 Å². The maximum Gasteiger partial charge on any atom is 0.127 e. The number of hydrogen-bond acceptors (Lipinski definition) is 2. The predicted octanol–water partition coefficient (Wildman–Crippen LogP) is 7.78. The number of hydrogen-bond donors (Lipinski definition) is 0. The summed E-state index contributed by atoms with van der Waals surface area (Å²) in [5.41, 5.74) is 2.22. The van der Waals surface area contributed by atoms with E-state index in [-0.39, 0.29) is 5.41 Å². The Morgan fingerprint density at radius 3 is 2.39 bits per heavy atom. The zero-order valence-electron chi connectivity index (χ0n) is 16.1. The number of benzene rings is 3. The molecule has 0 heterocycles. The minimum atomic E-state index is -0.0781. The van der Waals surface area contributed by atoms with Gasteiger partial charge in [0.1, 0.15) is 11.5 Å². The van der Waals surface area contributed by atoms with Crippen LogP contribution in [0.4, 0.5) is 0 Å². The third kappa shape index (κ3) is 5.38. The number of ether oxygens (including phenoxy) is 2. The fourth-order valence-electron chi connectivity index (χ4n) is 2.98. The van der Waals surface area contributed by atoms with Crippen molar-refractivity contribution in [3.63, 3.8) is 0 Å². The highest BCUT2D eigenvalue weighted by atomic mass is 79.9. The molecule has 3 rings (SSSR count). The third-order valence-electron chi connectivity index (χ3n) is 4.96. The second-order valence-corrected chi connectivity index (χ2v) is 8.36. The molecule has 0 bridgehead atoms. The summed E-state index contributed by atoms with van der Waals surface area (Å²) >= 11 is 9.66. The van der Waals surface area contributed by atoms with Crippen LogP contribution in [0.15, 0.2) is 77.3 Å². The second-order valence-electron chi connectivity index (χ2n) is 7.10. The van der Waals surface area contributed by atoms with Crippen LogP contribution >= 0.6 is 27.5 Å². The fraction of sp³-hybridized carbons (Fsp3) is 0.250. The minimum absolute atomic E-state index is 0.0781. The maximum absolute atomic E-state index is 6.14. The van der Waals surface area contributed by atoms with Crippen molar-refractivity contribution in [1.29, 1.82) is 0 Å². The first-order valence-corrected chi connectivity index (χ1v) is 10.5. The molecule has 0 spiro atoms. The van der Waals surface area contributed by atoms with E-state index < -0.39 is 0 Å². The molecule has 0 radical (unpaired) electrons. The highest BCUT2D eigenvalue weighted by molar-refractivity contribution is 9.10. The summed E-state index contributed by atoms with van der Waals surface area (Å²) in [6.45, 7) is 5.56. The molecule has 0 aliphatic heterocycles. The van der Waals surface area contributed by atoms with Gasteiger partial charge in [0.15, 0.2) is 0 Å². The van der Waals surface area contributed by atoms with Gasteiger partial charge in [-0.05, 0) is 69.9 Å². The van der Waals surface area contributed by atoms with Gasteiger partial charge in [0.2, 0.25) is 0 Å². The Kier molecular flexibility index (Phi) is 7.17. The van der Waals surface area contributed by atoms with Gasteiger partial charge in [-0.2, -0.15) is 0 Å². The summed E-state index contributed by atoms with van der Waals surface area (Å²) in [4.78, 5) is 0. The number of halogens is 2. The maximum atomic E-state index is 6.14. The van der Waals surface area contributed by atoms with Crippen LogP contribution in [-0.2, 0) is 16.8 Å². The SMILES string of the molecule is CCC(C)(COCc1cccc(Oc2ccccc2)c1)c1ccc(Cl)c(Br)c1. The van der Waals surface area contributed by atoms with Gasteiger partial charge in [-0.1, -0.05) is 61.8 Å². The molecule has 0 fully saturated rings. The van der Waals surface area contributed by atoms with Crippen LogP contribution in [0.25, 0.3) is 0 Å². The van der Waals surface area contributed by atoms with Gasteiger partial charge in [-0.25, -0.2) is 0 Å². The summed E-state index contributed by atoms with van der Waals surface area (Å²) in [5, 5.41) is 0.721. The molecule has 0 aliphatic rings. The van der Waals surface area contributed by atoms with E-state index in [1.54, 1.807) is 0 Å². The monoisotopic (exact) mass is 458 g/mol. The Labute approximate surface area is 180 Å². The quantitative estimate of drug-likeness (QED) is 0.342. The van der Waals surface area contributed by atoms with Crippen molar-refractivity contribution >= 4 is 27.5 Å². The molecule has 1 unspecified atom stereocenters. The Morgan fingerprint density at radius 1 is 0.929 bits per heavy atom. The van der Waals surface area contributed by atoms with Gasteiger partial charge in [0.05, 0.1) is 18.2 Å². The second kappa shape index (κ2) is 9.60. The lowest BCUT2D eigenvalue weighted by atomic mass is 9.81. The smallest absolute Gasteiger partial charge is 0.127 e. The normalized spacial score (nSPS) is 13.1. The van der Waals surface area contributed by atoms with Crippen LogP contribution in [0, 0.1) is 0 Å². The van der Waals surface area contributed by atoms with Crippen LogP contribution < -0.4 is 4.74 Å². The van der Waals surface area contributed by atoms with Gasteiger partial charge in [-0.15, -0.1) is 0 Å². The van der Waals surface area contributed by atoms with Crippen LogP contribution in [0.2, 0.25) is 5.02 Å². The minimum Gasteiger partial charge on any atom is -0.457 e. The molecular formula is C24H24BrClO2. The molecule has 0 saturated carbocycles. The standard InChI is InChI=1S/C24H24BrClO2/c1-3-24(2,19-12-13-23(26)22(25)15-19)17-27-16-18-8-7-11-21(14-18)28-20-9-5-4-6-10-20/h4-15H,3,16-17H2,1-2H3. The molecule has 2 nitrogen and oxygen atoms in total. The van der Waals surface area contributed by atoms with Gasteiger partial charge in [0, 0.05) is 9.89 Å². The molecule has 0 saturated heterocycles. The zero-order chi connectivity index (χ0) is 20.0. The number of para-hydroxylation sites is 1. The average molecular weight is 460 g/mol. The summed E-state index contributed by atoms with van der Waals surface area (Å²) in [6.07, 6.45) is 0.970. The molecule has 28 heavy (non-hydrogen) atoms. The van der Waals surface area contributed by atoms with E-state index in [1.807, 2.05) is 54.6 Å². The van der Waals surface area contributed by atoms with E-state index in [1.165, 1.54) is 5.56 Å². The first-order valence-electron chi connectivity index (χ1n) is 9.35. The lowest BCUT2D eigenvalue weighted by Gasteiger charge is -2.29. The van der Waals surface area contributed by atoms with E-state index >= 15 is 0 Å². The van der Waals surface area contributed by atoms with Crippen LogP contribution in [0.5, 0.6) is 11.5 Å². The molecule has 3 aromatic rings. The fourth-order valence-corrected chi connectivity index (χ4v) is 3.47. The molecule has 4 heteroatoms. The molecule has 3 aromatic carbocycles. The molecular weight excluding hydrogens is 436 g/mol. The Morgan fingerprint density at radius 2 is 1.68 bits per heavy atom. The predicted molar refractivity (Wildman–Crippen MR) is 119 cm³/mol. The van der Waals surface area contributed by atoms with Crippen molar-refractivity contribution in [2.24, 2.45) is 0 Å². The van der Waals surface area contributed by atoms with E-state index in [0.717, 1.165) is 33.0 Å². The van der Waals surface area contributed by atoms with Crippen molar-refractivity contribution in [3.05, 3.63) is 93.4 Å². The van der Waals surface area contributed by atoms with Gasteiger partial charge in [0.25, 0.3) is 0 Å². The molecule has 0 aromatic heterocycles. The van der Waals surface area contributed by atoms with Crippen molar-refractivity contribution in [2.45, 2.75) is 32.3 Å². The van der Waals surface area contributed by atoms with Gasteiger partial charge < -0.3 is 9.47 Å². The molecule has 146 valence electrons. The van der Waals surface area contributed by atoms with Crippen molar-refractivity contribution in [2.75, 3.05) is 6.61 Å². The van der Waals surface area contributed by atoms with E-state index in [4.69, 9.17) is 21.1 Å². The topological polar surface area (TPSA) is 18.5 Å². The molecule has 1 atom stereocenters. The lowest BCUT2D eigenvalue weighted by Crippen LogP contribution is -2.27. The van der Waals surface area contributed by atoms with Crippen LogP contribution in [0.3, 0.4) is 0 Å². The van der Waals surface area contributed by atoms with Gasteiger partial charge in [-0.3, -0.25) is 0 Å². The lowest BCUT2D eigenvalue weighted by molar-refractivity contribution is 0.0747. The molecule has 0 N–H and O–H groups in total. The van der Waals surface area contributed by atoms with E-state index in [9.17, 15) is 0 Å². The van der Waals surface area contributed by atoms with Crippen molar-refractivity contribution in [1.82, 2.24) is 0 Å². The molecule has 0 amide bonds. The summed E-state index contributed by atoms with van der Waals surface area (Å²) in [6, 6.07) is 23.9. The summed E-state index contributed by atoms with van der Waals surface area (Å²) < 4.78 is 12.9. The van der Waals surface area contributed by atoms with Crippen molar-refractivity contribution in [3.8, 4) is 11.5 Å². The average Bonchev–Trinajstić information content (AvgIpc) is 2.71. The zero-order valence-corrected chi connectivity index (χ0v) is 18.5. The third-order valence-corrected chi connectivity index (χ3v) is 6.18. The van der Waals surface area contributed by atoms with Crippen molar-refractivity contribution < 1.29 is 9.47 Å². The Hall–Kier alpha value is -1.81. The molecule has 0 aliphatic carbocycles. The largest absolute Gasteiger partial charge is 0.457 e. The van der Waals surface area contributed by atoms with Gasteiger partial charge >= 0.3 is 0 Å². The first kappa shape index (κ1) is 20.9. The number of rotatable bonds is 8. The van der Waals surface area contributed by atoms with Crippen LogP contribution in [0.1, 0.15) is 31.4 Å². The summed E-state index contributed by atoms with van der Waals surface area (Å²) in [7, 11) is 0. The highest BCUT2D eigenvalue weighted by Gasteiger charge is 2.25.